The van der Waals surface area contributed by atoms with Crippen molar-refractivity contribution in [1.29, 1.82) is 0 Å². The average molecular weight is 505 g/mol. The van der Waals surface area contributed by atoms with Gasteiger partial charge in [-0.15, -0.1) is 0 Å². The van der Waals surface area contributed by atoms with Crippen molar-refractivity contribution in [1.82, 2.24) is 9.80 Å². The molecule has 0 fully saturated rings. The quantitative estimate of drug-likeness (QED) is 0.0977. The van der Waals surface area contributed by atoms with Crippen LogP contribution in [0.3, 0.4) is 0 Å². The minimum absolute atomic E-state index is 0.569. The molecule has 0 spiro atoms. The molecule has 0 aromatic heterocycles. The van der Waals surface area contributed by atoms with E-state index in [4.69, 9.17) is 0 Å². The molecular formula is C34H68N2. The number of hydrogen-bond donors (Lipinski definition) is 0. The Kier molecular flexibility index (Phi) is 24.1. The zero-order valence-corrected chi connectivity index (χ0v) is 25.4. The molecule has 1 rings (SSSR count). The van der Waals surface area contributed by atoms with Crippen molar-refractivity contribution in [2.75, 3.05) is 13.1 Å². The van der Waals surface area contributed by atoms with Gasteiger partial charge in [-0.25, -0.2) is 0 Å². The van der Waals surface area contributed by atoms with E-state index in [9.17, 15) is 0 Å². The van der Waals surface area contributed by atoms with Gasteiger partial charge in [0.25, 0.3) is 0 Å². The van der Waals surface area contributed by atoms with Crippen molar-refractivity contribution in [2.45, 2.75) is 194 Å². The Morgan fingerprint density at radius 3 is 0.833 bits per heavy atom. The Morgan fingerprint density at radius 2 is 0.583 bits per heavy atom. The van der Waals surface area contributed by atoms with Crippen LogP contribution in [0.4, 0.5) is 0 Å². The van der Waals surface area contributed by atoms with Crippen LogP contribution in [0, 0.1) is 0 Å². The molecule has 0 saturated carbocycles. The summed E-state index contributed by atoms with van der Waals surface area (Å²) in [5.41, 5.74) is 0. The van der Waals surface area contributed by atoms with Crippen LogP contribution in [-0.4, -0.2) is 29.1 Å². The Hall–Kier alpha value is -0.660. The van der Waals surface area contributed by atoms with E-state index >= 15 is 0 Å². The number of unbranched alkanes of at least 4 members (excludes halogenated alkanes) is 24. The lowest BCUT2D eigenvalue weighted by Gasteiger charge is -2.30. The van der Waals surface area contributed by atoms with Gasteiger partial charge in [0.2, 0.25) is 0 Å². The minimum atomic E-state index is 0.569. The van der Waals surface area contributed by atoms with Crippen LogP contribution >= 0.6 is 0 Å². The van der Waals surface area contributed by atoms with E-state index in [-0.39, 0.29) is 0 Å². The molecule has 214 valence electrons. The molecule has 1 atom stereocenters. The van der Waals surface area contributed by atoms with Crippen LogP contribution in [0.15, 0.2) is 12.4 Å². The van der Waals surface area contributed by atoms with Gasteiger partial charge in [-0.1, -0.05) is 168 Å². The lowest BCUT2D eigenvalue weighted by molar-refractivity contribution is 0.165. The van der Waals surface area contributed by atoms with Gasteiger partial charge in [0.05, 0.1) is 6.17 Å². The van der Waals surface area contributed by atoms with Crippen molar-refractivity contribution in [3.8, 4) is 0 Å². The summed E-state index contributed by atoms with van der Waals surface area (Å²) in [6.45, 7) is 9.48. The predicted octanol–water partition coefficient (Wildman–Crippen LogP) is 11.6. The third kappa shape index (κ3) is 19.5. The highest BCUT2D eigenvalue weighted by molar-refractivity contribution is 4.95. The van der Waals surface area contributed by atoms with Crippen LogP contribution < -0.4 is 0 Å². The topological polar surface area (TPSA) is 6.48 Å². The lowest BCUT2D eigenvalue weighted by atomic mass is 10.0. The fourth-order valence-electron chi connectivity index (χ4n) is 5.76. The molecule has 36 heavy (non-hydrogen) atoms. The monoisotopic (exact) mass is 505 g/mol. The first-order valence-electron chi connectivity index (χ1n) is 17.0. The van der Waals surface area contributed by atoms with Gasteiger partial charge in [0.1, 0.15) is 0 Å². The van der Waals surface area contributed by atoms with Gasteiger partial charge in [0.15, 0.2) is 0 Å². The molecule has 1 heterocycles. The second-order valence-corrected chi connectivity index (χ2v) is 11.9. The van der Waals surface area contributed by atoms with E-state index in [2.05, 4.69) is 43.0 Å². The molecular weight excluding hydrogens is 436 g/mol. The molecule has 1 aliphatic heterocycles. The standard InChI is InChI=1S/C34H68N2/c1-4-6-8-10-12-14-16-17-18-19-20-21-23-25-27-29-31-36-33-32-35(34(36)3)30-28-26-24-22-15-13-11-9-7-5-2/h32-34H,4-31H2,1-3H3. The highest BCUT2D eigenvalue weighted by Gasteiger charge is 2.20. The van der Waals surface area contributed by atoms with Gasteiger partial charge >= 0.3 is 0 Å². The molecule has 0 aromatic carbocycles. The third-order valence-corrected chi connectivity index (χ3v) is 8.45. The van der Waals surface area contributed by atoms with E-state index < -0.39 is 0 Å². The van der Waals surface area contributed by atoms with E-state index in [1.54, 1.807) is 0 Å². The molecule has 0 amide bonds. The van der Waals surface area contributed by atoms with Gasteiger partial charge in [-0.3, -0.25) is 0 Å². The maximum atomic E-state index is 2.57. The fraction of sp³-hybridized carbons (Fsp3) is 0.941. The molecule has 1 aliphatic rings. The van der Waals surface area contributed by atoms with Gasteiger partial charge in [0, 0.05) is 25.5 Å². The zero-order chi connectivity index (χ0) is 25.9. The van der Waals surface area contributed by atoms with Crippen LogP contribution in [0.2, 0.25) is 0 Å². The number of rotatable bonds is 28. The van der Waals surface area contributed by atoms with Crippen molar-refractivity contribution < 1.29 is 0 Å². The van der Waals surface area contributed by atoms with Crippen molar-refractivity contribution in [3.63, 3.8) is 0 Å². The lowest BCUT2D eigenvalue weighted by Crippen LogP contribution is -2.36. The highest BCUT2D eigenvalue weighted by Crippen LogP contribution is 2.19. The fourth-order valence-corrected chi connectivity index (χ4v) is 5.76. The smallest absolute Gasteiger partial charge is 0.0977 e. The van der Waals surface area contributed by atoms with E-state index in [1.807, 2.05) is 0 Å². The largest absolute Gasteiger partial charge is 0.356 e. The molecule has 0 N–H and O–H groups in total. The van der Waals surface area contributed by atoms with Gasteiger partial charge in [-0.2, -0.15) is 0 Å². The summed E-state index contributed by atoms with van der Waals surface area (Å²) in [5, 5.41) is 0. The number of hydrogen-bond acceptors (Lipinski definition) is 2. The zero-order valence-electron chi connectivity index (χ0n) is 25.4. The minimum Gasteiger partial charge on any atom is -0.356 e. The maximum Gasteiger partial charge on any atom is 0.0977 e. The summed E-state index contributed by atoms with van der Waals surface area (Å²) in [6, 6.07) is 0. The summed E-state index contributed by atoms with van der Waals surface area (Å²) < 4.78 is 0. The second kappa shape index (κ2) is 26.0. The molecule has 2 nitrogen and oxygen atoms in total. The predicted molar refractivity (Wildman–Crippen MR) is 163 cm³/mol. The molecule has 1 unspecified atom stereocenters. The van der Waals surface area contributed by atoms with Crippen LogP contribution in [-0.2, 0) is 0 Å². The Balaban J connectivity index is 1.82. The van der Waals surface area contributed by atoms with E-state index in [0.29, 0.717) is 6.17 Å². The third-order valence-electron chi connectivity index (χ3n) is 8.45. The first kappa shape index (κ1) is 33.4. The first-order valence-corrected chi connectivity index (χ1v) is 17.0. The summed E-state index contributed by atoms with van der Waals surface area (Å²) in [4.78, 5) is 5.14. The van der Waals surface area contributed by atoms with Crippen molar-refractivity contribution >= 4 is 0 Å². The first-order chi connectivity index (χ1) is 17.8. The normalized spacial score (nSPS) is 15.5. The highest BCUT2D eigenvalue weighted by atomic mass is 15.4. The van der Waals surface area contributed by atoms with Crippen LogP contribution in [0.1, 0.15) is 188 Å². The summed E-state index contributed by atoms with van der Waals surface area (Å²) >= 11 is 0. The van der Waals surface area contributed by atoms with Crippen molar-refractivity contribution in [2.24, 2.45) is 0 Å². The molecule has 0 bridgehead atoms. The SMILES string of the molecule is CCCCCCCCCCCCCCCCCCN1C=CN(CCCCCCCCCCCC)C1C. The Morgan fingerprint density at radius 1 is 0.361 bits per heavy atom. The Bertz CT molecular complexity index is 460. The van der Waals surface area contributed by atoms with Gasteiger partial charge in [-0.05, 0) is 19.8 Å². The average Bonchev–Trinajstić information content (AvgIpc) is 3.23. The van der Waals surface area contributed by atoms with E-state index in [0.717, 1.165) is 0 Å². The number of nitrogens with zero attached hydrogens (tertiary/aromatic N) is 2. The molecule has 2 heteroatoms. The van der Waals surface area contributed by atoms with Gasteiger partial charge < -0.3 is 9.80 Å². The summed E-state index contributed by atoms with van der Waals surface area (Å²) in [7, 11) is 0. The van der Waals surface area contributed by atoms with E-state index in [1.165, 1.54) is 180 Å². The van der Waals surface area contributed by atoms with Crippen LogP contribution in [0.25, 0.3) is 0 Å². The van der Waals surface area contributed by atoms with Crippen LogP contribution in [0.5, 0.6) is 0 Å². The molecule has 0 aliphatic carbocycles. The summed E-state index contributed by atoms with van der Waals surface area (Å²) in [6.07, 6.45) is 42.7. The molecule has 0 radical (unpaired) electrons. The molecule has 0 aromatic rings. The second-order valence-electron chi connectivity index (χ2n) is 11.9. The molecule has 0 saturated heterocycles. The van der Waals surface area contributed by atoms with Crippen molar-refractivity contribution in [3.05, 3.63) is 12.4 Å². The Labute approximate surface area is 229 Å². The summed E-state index contributed by atoms with van der Waals surface area (Å²) in [5.74, 6) is 0. The maximum absolute atomic E-state index is 2.57.